The Morgan fingerprint density at radius 1 is 1.27 bits per heavy atom. The van der Waals surface area contributed by atoms with Crippen LogP contribution in [0.15, 0.2) is 43.0 Å². The van der Waals surface area contributed by atoms with Crippen LogP contribution in [0, 0.1) is 0 Å². The van der Waals surface area contributed by atoms with Crippen molar-refractivity contribution in [1.82, 2.24) is 19.3 Å². The fourth-order valence-corrected chi connectivity index (χ4v) is 3.59. The summed E-state index contributed by atoms with van der Waals surface area (Å²) in [4.78, 5) is 25.1. The van der Waals surface area contributed by atoms with Crippen molar-refractivity contribution in [1.29, 1.82) is 0 Å². The molecule has 0 saturated heterocycles. The van der Waals surface area contributed by atoms with Crippen LogP contribution in [0.2, 0.25) is 0 Å². The van der Waals surface area contributed by atoms with Gasteiger partial charge in [0.1, 0.15) is 17.1 Å². The van der Waals surface area contributed by atoms with E-state index < -0.39 is 5.97 Å². The lowest BCUT2D eigenvalue weighted by Crippen LogP contribution is -2.01. The van der Waals surface area contributed by atoms with E-state index in [1.165, 1.54) is 13.2 Å². The van der Waals surface area contributed by atoms with Crippen molar-refractivity contribution in [3.8, 4) is 21.9 Å². The summed E-state index contributed by atoms with van der Waals surface area (Å²) in [5.41, 5.74) is 3.65. The molecule has 8 nitrogen and oxygen atoms in total. The summed E-state index contributed by atoms with van der Waals surface area (Å²) in [6, 6.07) is 7.38. The van der Waals surface area contributed by atoms with E-state index in [4.69, 9.17) is 0 Å². The van der Waals surface area contributed by atoms with Crippen molar-refractivity contribution in [3.63, 3.8) is 0 Å². The zero-order valence-corrected chi connectivity index (χ0v) is 14.7. The average molecular weight is 370 g/mol. The van der Waals surface area contributed by atoms with Gasteiger partial charge in [-0.15, -0.1) is 11.3 Å². The van der Waals surface area contributed by atoms with E-state index in [-0.39, 0.29) is 10.6 Å². The van der Waals surface area contributed by atoms with Gasteiger partial charge in [-0.25, -0.2) is 9.78 Å². The number of thiophene rings is 1. The van der Waals surface area contributed by atoms with Crippen molar-refractivity contribution in [2.75, 3.05) is 7.11 Å². The van der Waals surface area contributed by atoms with Gasteiger partial charge in [-0.3, -0.25) is 14.1 Å². The number of fused-ring (bicyclic) bond motifs is 1. The Hall–Kier alpha value is -3.17. The molecule has 0 fully saturated rings. The summed E-state index contributed by atoms with van der Waals surface area (Å²) >= 11 is 1.09. The van der Waals surface area contributed by atoms with Gasteiger partial charge in [0.2, 0.25) is 0 Å². The molecule has 0 saturated carbocycles. The van der Waals surface area contributed by atoms with Crippen LogP contribution in [-0.2, 0) is 16.8 Å². The number of aromatic nitrogens is 4. The second-order valence-electron chi connectivity index (χ2n) is 5.56. The highest BCUT2D eigenvalue weighted by atomic mass is 32.1. The number of rotatable bonds is 4. The quantitative estimate of drug-likeness (QED) is 0.439. The molecule has 1 aromatic carbocycles. The first-order valence-electron chi connectivity index (χ1n) is 7.61. The van der Waals surface area contributed by atoms with E-state index in [0.717, 1.165) is 33.5 Å². The van der Waals surface area contributed by atoms with Gasteiger partial charge >= 0.3 is 5.97 Å². The van der Waals surface area contributed by atoms with Gasteiger partial charge < -0.3 is 5.11 Å². The third-order valence-electron chi connectivity index (χ3n) is 3.87. The molecule has 0 bridgehead atoms. The van der Waals surface area contributed by atoms with E-state index in [0.29, 0.717) is 5.00 Å². The number of hydrogen-bond acceptors (Lipinski definition) is 7. The van der Waals surface area contributed by atoms with E-state index in [2.05, 4.69) is 19.9 Å². The predicted molar refractivity (Wildman–Crippen MR) is 95.2 cm³/mol. The van der Waals surface area contributed by atoms with Crippen molar-refractivity contribution >= 4 is 28.3 Å². The van der Waals surface area contributed by atoms with Gasteiger partial charge in [-0.05, 0) is 17.7 Å². The average Bonchev–Trinajstić information content (AvgIpc) is 3.32. The minimum Gasteiger partial charge on any atom is -0.506 e. The van der Waals surface area contributed by atoms with Gasteiger partial charge in [0.05, 0.1) is 24.3 Å². The minimum absolute atomic E-state index is 0.0654. The van der Waals surface area contributed by atoms with Crippen LogP contribution >= 0.6 is 11.3 Å². The summed E-state index contributed by atoms with van der Waals surface area (Å²) in [7, 11) is 3.10. The lowest BCUT2D eigenvalue weighted by molar-refractivity contribution is -0.216. The van der Waals surface area contributed by atoms with Crippen LogP contribution in [0.3, 0.4) is 0 Å². The molecule has 0 aliphatic rings. The molecule has 26 heavy (non-hydrogen) atoms. The van der Waals surface area contributed by atoms with Crippen LogP contribution in [0.4, 0.5) is 0 Å². The summed E-state index contributed by atoms with van der Waals surface area (Å²) < 4.78 is 3.55. The Morgan fingerprint density at radius 2 is 2.12 bits per heavy atom. The molecule has 0 aliphatic carbocycles. The number of imidazole rings is 1. The van der Waals surface area contributed by atoms with Gasteiger partial charge in [-0.2, -0.15) is 9.99 Å². The minimum atomic E-state index is -0.746. The number of carbonyl (C=O) groups is 1. The van der Waals surface area contributed by atoms with Crippen LogP contribution in [0.5, 0.6) is 5.75 Å². The molecule has 0 unspecified atom stereocenters. The lowest BCUT2D eigenvalue weighted by atomic mass is 10.1. The number of hydrogen-bond donors (Lipinski definition) is 1. The number of benzene rings is 1. The highest BCUT2D eigenvalue weighted by Crippen LogP contribution is 2.34. The third kappa shape index (κ3) is 2.72. The Morgan fingerprint density at radius 3 is 2.85 bits per heavy atom. The topological polar surface area (TPSA) is 91.4 Å². The molecular weight excluding hydrogens is 356 g/mol. The Labute approximate surface area is 151 Å². The number of nitrogens with zero attached hydrogens (tertiary/aromatic N) is 4. The molecule has 3 heterocycles. The molecule has 0 atom stereocenters. The van der Waals surface area contributed by atoms with Gasteiger partial charge in [0, 0.05) is 24.9 Å². The number of aromatic hydroxyl groups is 1. The first kappa shape index (κ1) is 16.3. The second kappa shape index (κ2) is 6.28. The van der Waals surface area contributed by atoms with Gasteiger partial charge in [0.25, 0.3) is 0 Å². The smallest absolute Gasteiger partial charge is 0.386 e. The fourth-order valence-electron chi connectivity index (χ4n) is 2.69. The number of aryl methyl sites for hydroxylation is 1. The zero-order chi connectivity index (χ0) is 18.3. The molecule has 132 valence electrons. The van der Waals surface area contributed by atoms with Crippen molar-refractivity contribution < 1.29 is 19.7 Å². The maximum atomic E-state index is 11.8. The molecular formula is C17H14N4O4S. The Bertz CT molecular complexity index is 1110. The zero-order valence-electron chi connectivity index (χ0n) is 13.9. The third-order valence-corrected chi connectivity index (χ3v) is 4.97. The lowest BCUT2D eigenvalue weighted by Gasteiger charge is -2.01. The van der Waals surface area contributed by atoms with E-state index in [1.54, 1.807) is 21.8 Å². The van der Waals surface area contributed by atoms with Crippen LogP contribution < -0.4 is 0 Å². The first-order valence-corrected chi connectivity index (χ1v) is 8.43. The molecule has 4 aromatic rings. The van der Waals surface area contributed by atoms with Crippen molar-refractivity contribution in [3.05, 3.63) is 47.9 Å². The molecule has 3 aromatic heterocycles. The van der Waals surface area contributed by atoms with Crippen LogP contribution in [0.25, 0.3) is 27.2 Å². The van der Waals surface area contributed by atoms with Crippen molar-refractivity contribution in [2.45, 2.75) is 0 Å². The molecule has 0 radical (unpaired) electrons. The summed E-state index contributed by atoms with van der Waals surface area (Å²) in [5, 5.41) is 14.8. The van der Waals surface area contributed by atoms with Crippen molar-refractivity contribution in [2.24, 2.45) is 7.05 Å². The maximum absolute atomic E-state index is 11.8. The number of carbonyl (C=O) groups excluding carboxylic acids is 1. The predicted octanol–water partition coefficient (Wildman–Crippen LogP) is 2.91. The van der Waals surface area contributed by atoms with E-state index in [1.807, 2.05) is 31.4 Å². The Kier molecular flexibility index (Phi) is 3.94. The highest BCUT2D eigenvalue weighted by Gasteiger charge is 2.20. The monoisotopic (exact) mass is 370 g/mol. The normalized spacial score (nSPS) is 11.2. The second-order valence-corrected chi connectivity index (χ2v) is 6.59. The largest absolute Gasteiger partial charge is 0.506 e. The van der Waals surface area contributed by atoms with Gasteiger partial charge in [-0.1, -0.05) is 6.07 Å². The fraction of sp³-hybridized carbons (Fsp3) is 0.118. The Balaban J connectivity index is 1.74. The van der Waals surface area contributed by atoms with E-state index in [9.17, 15) is 9.90 Å². The van der Waals surface area contributed by atoms with E-state index >= 15 is 0 Å². The standard InChI is InChI=1S/C17H14N4O4S/c1-20-8-11(7-19-20)10-3-4-13-12(5-10)18-9-21(13)15-6-14(22)16(26-15)17(23)25-24-2/h3-9,22H,1-2H3. The summed E-state index contributed by atoms with van der Waals surface area (Å²) in [6.45, 7) is 0. The molecule has 9 heteroatoms. The molecule has 0 amide bonds. The van der Waals surface area contributed by atoms with Crippen LogP contribution in [-0.4, -0.2) is 37.5 Å². The first-order chi connectivity index (χ1) is 12.6. The highest BCUT2D eigenvalue weighted by molar-refractivity contribution is 7.16. The van der Waals surface area contributed by atoms with Gasteiger partial charge in [0.15, 0.2) is 4.88 Å². The molecule has 0 spiro atoms. The SMILES string of the molecule is COOC(=O)c1sc(-n2cnc3cc(-c4cnn(C)c4)ccc32)cc1O. The summed E-state index contributed by atoms with van der Waals surface area (Å²) in [5.74, 6) is -0.912. The maximum Gasteiger partial charge on any atom is 0.386 e. The summed E-state index contributed by atoms with van der Waals surface area (Å²) in [6.07, 6.45) is 5.38. The molecule has 0 aliphatic heterocycles. The molecule has 1 N–H and O–H groups in total. The molecule has 4 rings (SSSR count). The van der Waals surface area contributed by atoms with Crippen LogP contribution in [0.1, 0.15) is 9.67 Å².